The number of rotatable bonds is 4. The van der Waals surface area contributed by atoms with E-state index in [0.717, 1.165) is 6.07 Å². The highest BCUT2D eigenvalue weighted by Gasteiger charge is 2.14. The molecule has 0 fully saturated rings. The second-order valence-corrected chi connectivity index (χ2v) is 4.52. The summed E-state index contributed by atoms with van der Waals surface area (Å²) in [4.78, 5) is 11.0. The van der Waals surface area contributed by atoms with Crippen molar-refractivity contribution in [3.8, 4) is 11.4 Å². The van der Waals surface area contributed by atoms with Gasteiger partial charge in [-0.1, -0.05) is 0 Å². The van der Waals surface area contributed by atoms with Gasteiger partial charge in [-0.3, -0.25) is 4.79 Å². The van der Waals surface area contributed by atoms with Gasteiger partial charge >= 0.3 is 0 Å². The summed E-state index contributed by atoms with van der Waals surface area (Å²) in [5, 5.41) is 3.97. The molecule has 0 aliphatic rings. The Morgan fingerprint density at radius 2 is 2.15 bits per heavy atom. The van der Waals surface area contributed by atoms with Gasteiger partial charge in [0.1, 0.15) is 5.69 Å². The van der Waals surface area contributed by atoms with E-state index in [0.29, 0.717) is 5.69 Å². The van der Waals surface area contributed by atoms with Gasteiger partial charge in [0.15, 0.2) is 11.6 Å². The summed E-state index contributed by atoms with van der Waals surface area (Å²) in [6, 6.07) is 4.04. The van der Waals surface area contributed by atoms with Gasteiger partial charge in [0.05, 0.1) is 17.5 Å². The number of amides is 1. The Hall–Kier alpha value is -2.57. The van der Waals surface area contributed by atoms with E-state index in [4.69, 9.17) is 16.2 Å². The first-order valence-electron chi connectivity index (χ1n) is 6.00. The molecule has 2 aromatic rings. The largest absolute Gasteiger partial charge is 0.488 e. The van der Waals surface area contributed by atoms with E-state index in [1.54, 1.807) is 13.8 Å². The highest BCUT2D eigenvalue weighted by atomic mass is 19.1. The summed E-state index contributed by atoms with van der Waals surface area (Å²) in [6.45, 7) is 3.57. The highest BCUT2D eigenvalue weighted by molar-refractivity contribution is 5.90. The number of ether oxygens (including phenoxy) is 1. The molecule has 0 spiro atoms. The van der Waals surface area contributed by atoms with E-state index in [2.05, 4.69) is 5.10 Å². The van der Waals surface area contributed by atoms with Gasteiger partial charge in [0.25, 0.3) is 5.91 Å². The van der Waals surface area contributed by atoms with E-state index in [-0.39, 0.29) is 23.2 Å². The molecule has 0 saturated heterocycles. The van der Waals surface area contributed by atoms with Crippen LogP contribution in [0.3, 0.4) is 0 Å². The van der Waals surface area contributed by atoms with Crippen LogP contribution in [0.4, 0.5) is 10.1 Å². The van der Waals surface area contributed by atoms with E-state index in [1.165, 1.54) is 23.0 Å². The van der Waals surface area contributed by atoms with Crippen molar-refractivity contribution in [3.63, 3.8) is 0 Å². The Morgan fingerprint density at radius 3 is 2.70 bits per heavy atom. The van der Waals surface area contributed by atoms with Crippen LogP contribution in [0.2, 0.25) is 0 Å². The molecule has 20 heavy (non-hydrogen) atoms. The maximum absolute atomic E-state index is 13.7. The smallest absolute Gasteiger partial charge is 0.269 e. The fourth-order valence-electron chi connectivity index (χ4n) is 1.69. The molecular weight excluding hydrogens is 263 g/mol. The van der Waals surface area contributed by atoms with Crippen LogP contribution in [0.15, 0.2) is 24.4 Å². The average Bonchev–Trinajstić information content (AvgIpc) is 2.81. The van der Waals surface area contributed by atoms with Gasteiger partial charge in [-0.05, 0) is 19.9 Å². The quantitative estimate of drug-likeness (QED) is 0.828. The number of hydrogen-bond acceptors (Lipinski definition) is 4. The van der Waals surface area contributed by atoms with Gasteiger partial charge in [-0.25, -0.2) is 9.07 Å². The highest BCUT2D eigenvalue weighted by Crippen LogP contribution is 2.27. The molecule has 0 radical (unpaired) electrons. The van der Waals surface area contributed by atoms with Gasteiger partial charge in [0, 0.05) is 18.3 Å². The van der Waals surface area contributed by atoms with Crippen LogP contribution < -0.4 is 16.2 Å². The number of aromatic nitrogens is 2. The Kier molecular flexibility index (Phi) is 3.60. The van der Waals surface area contributed by atoms with E-state index in [1.807, 2.05) is 0 Å². The Balaban J connectivity index is 2.46. The monoisotopic (exact) mass is 278 g/mol. The molecule has 0 aliphatic heterocycles. The summed E-state index contributed by atoms with van der Waals surface area (Å²) in [6.07, 6.45) is 1.34. The lowest BCUT2D eigenvalue weighted by molar-refractivity contribution is 0.0995. The topological polar surface area (TPSA) is 96.2 Å². The van der Waals surface area contributed by atoms with Crippen LogP contribution in [-0.4, -0.2) is 21.8 Å². The summed E-state index contributed by atoms with van der Waals surface area (Å²) < 4.78 is 20.4. The normalized spacial score (nSPS) is 10.8. The van der Waals surface area contributed by atoms with Gasteiger partial charge in [-0.15, -0.1) is 0 Å². The van der Waals surface area contributed by atoms with Crippen LogP contribution in [0.1, 0.15) is 24.3 Å². The molecule has 1 aromatic carbocycles. The molecule has 1 amide bonds. The van der Waals surface area contributed by atoms with E-state index < -0.39 is 11.7 Å². The fraction of sp³-hybridized carbons (Fsp3) is 0.231. The molecule has 1 aromatic heterocycles. The Labute approximate surface area is 115 Å². The first-order valence-corrected chi connectivity index (χ1v) is 6.00. The number of primary amides is 1. The first kappa shape index (κ1) is 13.9. The maximum atomic E-state index is 13.7. The van der Waals surface area contributed by atoms with E-state index >= 15 is 0 Å². The first-order chi connectivity index (χ1) is 9.38. The van der Waals surface area contributed by atoms with Crippen LogP contribution in [0.5, 0.6) is 5.75 Å². The van der Waals surface area contributed by atoms with Gasteiger partial charge in [-0.2, -0.15) is 5.10 Å². The molecule has 0 atom stereocenters. The van der Waals surface area contributed by atoms with Crippen molar-refractivity contribution in [2.75, 3.05) is 5.73 Å². The standard InChI is InChI=1S/C13H15FN4O2/c1-7(2)20-12-6-11(9(15)5-8(12)14)18-4-3-10(17-18)13(16)19/h3-7H,15H2,1-2H3,(H2,16,19). The molecule has 106 valence electrons. The third-order valence-electron chi connectivity index (χ3n) is 2.53. The molecule has 1 heterocycles. The van der Waals surface area contributed by atoms with Crippen molar-refractivity contribution in [1.29, 1.82) is 0 Å². The fourth-order valence-corrected chi connectivity index (χ4v) is 1.69. The molecule has 0 aliphatic carbocycles. The lowest BCUT2D eigenvalue weighted by atomic mass is 10.2. The van der Waals surface area contributed by atoms with Crippen molar-refractivity contribution in [3.05, 3.63) is 35.9 Å². The number of anilines is 1. The number of nitrogens with zero attached hydrogens (tertiary/aromatic N) is 2. The van der Waals surface area contributed by atoms with Crippen LogP contribution >= 0.6 is 0 Å². The summed E-state index contributed by atoms with van der Waals surface area (Å²) in [5.41, 5.74) is 11.6. The number of carbonyl (C=O) groups excluding carboxylic acids is 1. The molecule has 7 heteroatoms. The number of halogens is 1. The third kappa shape index (κ3) is 2.71. The van der Waals surface area contributed by atoms with Gasteiger partial charge in [0.2, 0.25) is 0 Å². The van der Waals surface area contributed by atoms with Crippen molar-refractivity contribution in [1.82, 2.24) is 9.78 Å². The molecule has 0 bridgehead atoms. The third-order valence-corrected chi connectivity index (χ3v) is 2.53. The Bertz CT molecular complexity index is 652. The second-order valence-electron chi connectivity index (χ2n) is 4.52. The lowest BCUT2D eigenvalue weighted by Crippen LogP contribution is -2.13. The predicted molar refractivity (Wildman–Crippen MR) is 72.2 cm³/mol. The predicted octanol–water partition coefficient (Wildman–Crippen LogP) is 1.48. The SMILES string of the molecule is CC(C)Oc1cc(-n2ccc(C(N)=O)n2)c(N)cc1F. The molecule has 2 rings (SSSR count). The molecule has 0 unspecified atom stereocenters. The maximum Gasteiger partial charge on any atom is 0.269 e. The summed E-state index contributed by atoms with van der Waals surface area (Å²) in [7, 11) is 0. The number of benzene rings is 1. The molecular formula is C13H15FN4O2. The van der Waals surface area contributed by atoms with Crippen molar-refractivity contribution >= 4 is 11.6 Å². The number of carbonyl (C=O) groups is 1. The van der Waals surface area contributed by atoms with Gasteiger partial charge < -0.3 is 16.2 Å². The summed E-state index contributed by atoms with van der Waals surface area (Å²) >= 11 is 0. The average molecular weight is 278 g/mol. The van der Waals surface area contributed by atoms with Crippen molar-refractivity contribution < 1.29 is 13.9 Å². The van der Waals surface area contributed by atoms with Crippen LogP contribution in [-0.2, 0) is 0 Å². The van der Waals surface area contributed by atoms with Crippen molar-refractivity contribution in [2.24, 2.45) is 5.73 Å². The number of nitrogens with two attached hydrogens (primary N) is 2. The lowest BCUT2D eigenvalue weighted by Gasteiger charge is -2.13. The second kappa shape index (κ2) is 5.20. The zero-order chi connectivity index (χ0) is 14.9. The molecule has 6 nitrogen and oxygen atoms in total. The Morgan fingerprint density at radius 1 is 1.45 bits per heavy atom. The summed E-state index contributed by atoms with van der Waals surface area (Å²) in [5.74, 6) is -1.13. The number of hydrogen-bond donors (Lipinski definition) is 2. The van der Waals surface area contributed by atoms with E-state index in [9.17, 15) is 9.18 Å². The van der Waals surface area contributed by atoms with Crippen LogP contribution in [0.25, 0.3) is 5.69 Å². The number of nitrogen functional groups attached to an aromatic ring is 1. The minimum Gasteiger partial charge on any atom is -0.488 e. The zero-order valence-electron chi connectivity index (χ0n) is 11.1. The van der Waals surface area contributed by atoms with Crippen molar-refractivity contribution in [2.45, 2.75) is 20.0 Å². The zero-order valence-corrected chi connectivity index (χ0v) is 11.1. The molecule has 0 saturated carbocycles. The minimum absolute atomic E-state index is 0.0697. The minimum atomic E-state index is -0.650. The molecule has 4 N–H and O–H groups in total. The van der Waals surface area contributed by atoms with Crippen LogP contribution in [0, 0.1) is 5.82 Å².